The van der Waals surface area contributed by atoms with Crippen molar-refractivity contribution in [3.05, 3.63) is 57.9 Å². The number of anilines is 1. The van der Waals surface area contributed by atoms with Crippen LogP contribution in [0.25, 0.3) is 0 Å². The minimum atomic E-state index is -0.219. The Labute approximate surface area is 119 Å². The number of carbonyl (C=O) groups excluding carboxylic acids is 1. The Balaban J connectivity index is 1.88. The van der Waals surface area contributed by atoms with Gasteiger partial charge in [0.15, 0.2) is 0 Å². The first-order valence-electron chi connectivity index (χ1n) is 5.44. The van der Waals surface area contributed by atoms with Crippen molar-refractivity contribution in [2.24, 2.45) is 0 Å². The molecule has 0 aliphatic rings. The Kier molecular flexibility index (Phi) is 4.52. The van der Waals surface area contributed by atoms with Crippen molar-refractivity contribution in [2.75, 3.05) is 5.32 Å². The van der Waals surface area contributed by atoms with Gasteiger partial charge in [0.2, 0.25) is 0 Å². The van der Waals surface area contributed by atoms with Crippen LogP contribution in [0, 0.1) is 3.57 Å². The molecule has 0 radical (unpaired) electrons. The summed E-state index contributed by atoms with van der Waals surface area (Å²) >= 11 is 2.18. The molecule has 2 rings (SSSR count). The molecule has 1 aromatic carbocycles. The number of urea groups is 1. The number of nitrogens with one attached hydrogen (secondary N) is 2. The number of rotatable bonds is 3. The van der Waals surface area contributed by atoms with E-state index in [1.807, 2.05) is 36.4 Å². The molecule has 4 nitrogen and oxygen atoms in total. The molecule has 0 fully saturated rings. The molecule has 92 valence electrons. The molecule has 18 heavy (non-hydrogen) atoms. The Morgan fingerprint density at radius 1 is 1.22 bits per heavy atom. The summed E-state index contributed by atoms with van der Waals surface area (Å²) in [6, 6.07) is 11.2. The zero-order valence-corrected chi connectivity index (χ0v) is 11.7. The molecule has 2 aromatic rings. The summed E-state index contributed by atoms with van der Waals surface area (Å²) in [7, 11) is 0. The van der Waals surface area contributed by atoms with Gasteiger partial charge in [0.05, 0.1) is 5.69 Å². The van der Waals surface area contributed by atoms with E-state index in [0.717, 1.165) is 14.8 Å². The third-order valence-electron chi connectivity index (χ3n) is 2.30. The quantitative estimate of drug-likeness (QED) is 0.834. The first kappa shape index (κ1) is 12.8. The largest absolute Gasteiger partial charge is 0.334 e. The highest BCUT2D eigenvalue weighted by Crippen LogP contribution is 2.16. The molecule has 0 saturated carbocycles. The Hall–Kier alpha value is -1.63. The van der Waals surface area contributed by atoms with Crippen molar-refractivity contribution in [2.45, 2.75) is 6.54 Å². The van der Waals surface area contributed by atoms with E-state index in [9.17, 15) is 4.79 Å². The molecule has 0 unspecified atom stereocenters. The smallest absolute Gasteiger partial charge is 0.319 e. The fourth-order valence-electron chi connectivity index (χ4n) is 1.41. The normalized spacial score (nSPS) is 9.83. The Morgan fingerprint density at radius 3 is 2.78 bits per heavy atom. The fraction of sp³-hybridized carbons (Fsp3) is 0.0769. The van der Waals surface area contributed by atoms with Crippen LogP contribution in [0.1, 0.15) is 5.56 Å². The van der Waals surface area contributed by atoms with Crippen molar-refractivity contribution in [1.29, 1.82) is 0 Å². The molecule has 5 heteroatoms. The molecular formula is C13H12IN3O. The maximum atomic E-state index is 11.7. The van der Waals surface area contributed by atoms with Gasteiger partial charge in [0.1, 0.15) is 0 Å². The van der Waals surface area contributed by atoms with Crippen LogP contribution in [0.5, 0.6) is 0 Å². The summed E-state index contributed by atoms with van der Waals surface area (Å²) in [5.41, 5.74) is 1.78. The second-order valence-corrected chi connectivity index (χ2v) is 4.81. The summed E-state index contributed by atoms with van der Waals surface area (Å²) in [4.78, 5) is 15.7. The summed E-state index contributed by atoms with van der Waals surface area (Å²) in [6.45, 7) is 0.461. The lowest BCUT2D eigenvalue weighted by atomic mass is 10.3. The average molecular weight is 353 g/mol. The van der Waals surface area contributed by atoms with E-state index in [0.29, 0.717) is 6.54 Å². The van der Waals surface area contributed by atoms with E-state index in [2.05, 4.69) is 38.2 Å². The molecule has 0 aliphatic carbocycles. The lowest BCUT2D eigenvalue weighted by Crippen LogP contribution is -2.28. The second-order valence-electron chi connectivity index (χ2n) is 3.65. The van der Waals surface area contributed by atoms with Gasteiger partial charge in [-0.15, -0.1) is 0 Å². The summed E-state index contributed by atoms with van der Waals surface area (Å²) in [5.74, 6) is 0. The molecule has 0 bridgehead atoms. The highest BCUT2D eigenvalue weighted by atomic mass is 127. The van der Waals surface area contributed by atoms with Gasteiger partial charge < -0.3 is 10.6 Å². The lowest BCUT2D eigenvalue weighted by Gasteiger charge is -2.08. The third kappa shape index (κ3) is 3.69. The zero-order chi connectivity index (χ0) is 12.8. The number of carbonyl (C=O) groups is 1. The van der Waals surface area contributed by atoms with Crippen molar-refractivity contribution < 1.29 is 4.79 Å². The highest BCUT2D eigenvalue weighted by Gasteiger charge is 2.03. The summed E-state index contributed by atoms with van der Waals surface area (Å²) < 4.78 is 1.01. The number of hydrogen-bond acceptors (Lipinski definition) is 2. The van der Waals surface area contributed by atoms with Gasteiger partial charge in [-0.1, -0.05) is 18.2 Å². The molecular weight excluding hydrogens is 341 g/mol. The lowest BCUT2D eigenvalue weighted by molar-refractivity contribution is 0.251. The van der Waals surface area contributed by atoms with Gasteiger partial charge in [-0.2, -0.15) is 0 Å². The van der Waals surface area contributed by atoms with E-state index in [-0.39, 0.29) is 6.03 Å². The zero-order valence-electron chi connectivity index (χ0n) is 9.56. The number of para-hydroxylation sites is 1. The fourth-order valence-corrected chi connectivity index (χ4v) is 1.94. The van der Waals surface area contributed by atoms with E-state index in [1.165, 1.54) is 0 Å². The molecule has 0 atom stereocenters. The van der Waals surface area contributed by atoms with Crippen LogP contribution >= 0.6 is 22.6 Å². The number of nitrogens with zero attached hydrogens (tertiary/aromatic N) is 1. The maximum Gasteiger partial charge on any atom is 0.319 e. The van der Waals surface area contributed by atoms with Crippen LogP contribution in [0.15, 0.2) is 48.8 Å². The number of amides is 2. The van der Waals surface area contributed by atoms with Crippen LogP contribution in [0.2, 0.25) is 0 Å². The molecule has 2 N–H and O–H groups in total. The van der Waals surface area contributed by atoms with Crippen LogP contribution in [0.4, 0.5) is 10.5 Å². The first-order valence-corrected chi connectivity index (χ1v) is 6.52. The summed E-state index contributed by atoms with van der Waals surface area (Å²) in [6.07, 6.45) is 3.43. The van der Waals surface area contributed by atoms with Crippen molar-refractivity contribution in [3.8, 4) is 0 Å². The number of benzene rings is 1. The van der Waals surface area contributed by atoms with Gasteiger partial charge in [-0.25, -0.2) is 4.79 Å². The predicted octanol–water partition coefficient (Wildman–Crippen LogP) is 3.01. The molecule has 0 saturated heterocycles. The highest BCUT2D eigenvalue weighted by molar-refractivity contribution is 14.1. The van der Waals surface area contributed by atoms with Crippen LogP contribution in [0.3, 0.4) is 0 Å². The van der Waals surface area contributed by atoms with E-state index in [1.54, 1.807) is 12.4 Å². The minimum absolute atomic E-state index is 0.219. The number of hydrogen-bond donors (Lipinski definition) is 2. The standard InChI is InChI=1S/C13H12IN3O/c14-11-5-1-2-6-12(11)17-13(18)16-9-10-4-3-7-15-8-10/h1-8H,9H2,(H2,16,17,18). The molecule has 0 aliphatic heterocycles. The monoisotopic (exact) mass is 353 g/mol. The number of aromatic nitrogens is 1. The van der Waals surface area contributed by atoms with E-state index >= 15 is 0 Å². The van der Waals surface area contributed by atoms with Crippen LogP contribution in [-0.4, -0.2) is 11.0 Å². The SMILES string of the molecule is O=C(NCc1cccnc1)Nc1ccccc1I. The number of halogens is 1. The third-order valence-corrected chi connectivity index (χ3v) is 3.24. The molecule has 2 amide bonds. The Bertz CT molecular complexity index is 531. The first-order chi connectivity index (χ1) is 8.75. The second kappa shape index (κ2) is 6.34. The Morgan fingerprint density at radius 2 is 2.06 bits per heavy atom. The van der Waals surface area contributed by atoms with Crippen molar-refractivity contribution in [3.63, 3.8) is 0 Å². The molecule has 0 spiro atoms. The topological polar surface area (TPSA) is 54.0 Å². The predicted molar refractivity (Wildman–Crippen MR) is 79.3 cm³/mol. The van der Waals surface area contributed by atoms with Crippen molar-refractivity contribution in [1.82, 2.24) is 10.3 Å². The van der Waals surface area contributed by atoms with Crippen LogP contribution < -0.4 is 10.6 Å². The van der Waals surface area contributed by atoms with Crippen LogP contribution in [-0.2, 0) is 6.54 Å². The average Bonchev–Trinajstić information content (AvgIpc) is 2.40. The summed E-state index contributed by atoms with van der Waals surface area (Å²) in [5, 5.41) is 5.58. The van der Waals surface area contributed by atoms with Gasteiger partial charge >= 0.3 is 6.03 Å². The van der Waals surface area contributed by atoms with Gasteiger partial charge in [0, 0.05) is 22.5 Å². The van der Waals surface area contributed by atoms with E-state index < -0.39 is 0 Å². The maximum absolute atomic E-state index is 11.7. The van der Waals surface area contributed by atoms with E-state index in [4.69, 9.17) is 0 Å². The van der Waals surface area contributed by atoms with Gasteiger partial charge in [-0.3, -0.25) is 4.98 Å². The van der Waals surface area contributed by atoms with Gasteiger partial charge in [0.25, 0.3) is 0 Å². The van der Waals surface area contributed by atoms with Gasteiger partial charge in [-0.05, 0) is 46.4 Å². The molecule has 1 heterocycles. The minimum Gasteiger partial charge on any atom is -0.334 e. The molecule has 1 aromatic heterocycles. The van der Waals surface area contributed by atoms with Crippen molar-refractivity contribution >= 4 is 34.3 Å². The number of pyridine rings is 1.